The van der Waals surface area contributed by atoms with Crippen molar-refractivity contribution in [1.29, 1.82) is 0 Å². The average Bonchev–Trinajstić information content (AvgIpc) is 2.38. The van der Waals surface area contributed by atoms with Crippen LogP contribution in [0.15, 0.2) is 0 Å². The zero-order valence-electron chi connectivity index (χ0n) is 12.2. The van der Waals surface area contributed by atoms with E-state index in [1.54, 1.807) is 0 Å². The molecule has 0 aliphatic carbocycles. The largest absolute Gasteiger partial charge is 0.393 e. The molecule has 118 valence electrons. The van der Waals surface area contributed by atoms with Crippen LogP contribution in [0, 0.1) is 5.92 Å². The van der Waals surface area contributed by atoms with Crippen LogP contribution in [0.4, 0.5) is 13.2 Å². The summed E-state index contributed by atoms with van der Waals surface area (Å²) < 4.78 is 37.5. The van der Waals surface area contributed by atoms with Crippen LogP contribution in [0.25, 0.3) is 0 Å². The van der Waals surface area contributed by atoms with Gasteiger partial charge in [0.15, 0.2) is 0 Å². The number of rotatable bonds is 6. The highest BCUT2D eigenvalue weighted by Gasteiger charge is 2.42. The van der Waals surface area contributed by atoms with E-state index >= 15 is 0 Å². The molecule has 0 spiro atoms. The van der Waals surface area contributed by atoms with Crippen molar-refractivity contribution in [3.63, 3.8) is 0 Å². The molecule has 0 saturated carbocycles. The van der Waals surface area contributed by atoms with E-state index in [9.17, 15) is 18.0 Å². The number of amides is 1. The summed E-state index contributed by atoms with van der Waals surface area (Å²) in [4.78, 5) is 11.9. The van der Waals surface area contributed by atoms with E-state index in [4.69, 9.17) is 0 Å². The number of nitrogens with one attached hydrogen (secondary N) is 2. The molecule has 0 aromatic heterocycles. The third-order valence-electron chi connectivity index (χ3n) is 3.82. The molecule has 1 saturated heterocycles. The Kier molecular flexibility index (Phi) is 6.79. The average molecular weight is 294 g/mol. The third kappa shape index (κ3) is 5.69. The molecule has 0 aromatic rings. The summed E-state index contributed by atoms with van der Waals surface area (Å²) in [5.74, 6) is -1.50. The Hall–Kier alpha value is -0.780. The first-order valence-electron chi connectivity index (χ1n) is 7.45. The van der Waals surface area contributed by atoms with Crippen molar-refractivity contribution in [2.75, 3.05) is 6.54 Å². The molecule has 3 atom stereocenters. The van der Waals surface area contributed by atoms with Gasteiger partial charge in [-0.15, -0.1) is 0 Å². The minimum Gasteiger partial charge on any atom is -0.352 e. The maximum Gasteiger partial charge on any atom is 0.393 e. The summed E-state index contributed by atoms with van der Waals surface area (Å²) in [5.41, 5.74) is 0. The first-order valence-corrected chi connectivity index (χ1v) is 7.45. The smallest absolute Gasteiger partial charge is 0.352 e. The highest BCUT2D eigenvalue weighted by molar-refractivity contribution is 5.82. The molecule has 6 heteroatoms. The maximum absolute atomic E-state index is 12.5. The van der Waals surface area contributed by atoms with Crippen molar-refractivity contribution in [3.05, 3.63) is 0 Å². The van der Waals surface area contributed by atoms with Crippen molar-refractivity contribution < 1.29 is 18.0 Å². The fourth-order valence-electron chi connectivity index (χ4n) is 2.48. The Balaban J connectivity index is 2.28. The van der Waals surface area contributed by atoms with Crippen LogP contribution < -0.4 is 10.6 Å². The van der Waals surface area contributed by atoms with Gasteiger partial charge in [0, 0.05) is 12.6 Å². The van der Waals surface area contributed by atoms with Gasteiger partial charge in [-0.05, 0) is 26.2 Å². The van der Waals surface area contributed by atoms with E-state index in [0.29, 0.717) is 0 Å². The zero-order valence-corrected chi connectivity index (χ0v) is 12.2. The predicted octanol–water partition coefficient (Wildman–Crippen LogP) is 3.00. The summed E-state index contributed by atoms with van der Waals surface area (Å²) in [6.45, 7) is 3.90. The highest BCUT2D eigenvalue weighted by Crippen LogP contribution is 2.31. The normalized spacial score (nSPS) is 25.2. The van der Waals surface area contributed by atoms with Crippen LogP contribution in [0.5, 0.6) is 0 Å². The van der Waals surface area contributed by atoms with Gasteiger partial charge in [-0.1, -0.05) is 26.2 Å². The molecule has 0 aromatic carbocycles. The van der Waals surface area contributed by atoms with Crippen LogP contribution >= 0.6 is 0 Å². The number of carbonyl (C=O) groups is 1. The molecule has 1 aliphatic rings. The Labute approximate surface area is 118 Å². The predicted molar refractivity (Wildman–Crippen MR) is 72.3 cm³/mol. The maximum atomic E-state index is 12.5. The van der Waals surface area contributed by atoms with Crippen molar-refractivity contribution in [2.24, 2.45) is 5.92 Å². The quantitative estimate of drug-likeness (QED) is 0.739. The van der Waals surface area contributed by atoms with Crippen molar-refractivity contribution in [3.8, 4) is 0 Å². The van der Waals surface area contributed by atoms with E-state index in [0.717, 1.165) is 25.7 Å². The van der Waals surface area contributed by atoms with E-state index in [2.05, 4.69) is 17.6 Å². The van der Waals surface area contributed by atoms with Crippen molar-refractivity contribution >= 4 is 5.91 Å². The minimum atomic E-state index is -4.16. The number of piperidine rings is 1. The lowest BCUT2D eigenvalue weighted by atomic mass is 9.93. The Morgan fingerprint density at radius 3 is 2.55 bits per heavy atom. The summed E-state index contributed by atoms with van der Waals surface area (Å²) in [7, 11) is 0. The Bertz CT molecular complexity index is 299. The zero-order chi connectivity index (χ0) is 15.2. The van der Waals surface area contributed by atoms with Crippen LogP contribution in [-0.2, 0) is 4.79 Å². The molecule has 0 bridgehead atoms. The molecule has 3 nitrogen and oxygen atoms in total. The van der Waals surface area contributed by atoms with E-state index < -0.39 is 18.1 Å². The molecular weight excluding hydrogens is 269 g/mol. The topological polar surface area (TPSA) is 41.1 Å². The van der Waals surface area contributed by atoms with Crippen molar-refractivity contribution in [1.82, 2.24) is 10.6 Å². The molecule has 20 heavy (non-hydrogen) atoms. The van der Waals surface area contributed by atoms with Crippen LogP contribution in [0.3, 0.4) is 0 Å². The van der Waals surface area contributed by atoms with Crippen LogP contribution in [-0.4, -0.2) is 30.7 Å². The number of alkyl halides is 3. The molecule has 2 N–H and O–H groups in total. The van der Waals surface area contributed by atoms with Gasteiger partial charge in [0.2, 0.25) is 5.91 Å². The van der Waals surface area contributed by atoms with E-state index in [1.165, 1.54) is 0 Å². The molecular formula is C14H25F3N2O. The van der Waals surface area contributed by atoms with Gasteiger partial charge in [0.25, 0.3) is 0 Å². The minimum absolute atomic E-state index is 0.0266. The second kappa shape index (κ2) is 7.86. The van der Waals surface area contributed by atoms with Crippen LogP contribution in [0.2, 0.25) is 0 Å². The lowest BCUT2D eigenvalue weighted by Gasteiger charge is -2.31. The Morgan fingerprint density at radius 1 is 1.35 bits per heavy atom. The first kappa shape index (κ1) is 17.3. The lowest BCUT2D eigenvalue weighted by Crippen LogP contribution is -2.52. The lowest BCUT2D eigenvalue weighted by molar-refractivity contribution is -0.180. The fraction of sp³-hybridized carbons (Fsp3) is 0.929. The summed E-state index contributed by atoms with van der Waals surface area (Å²) in [6, 6.07) is -0.404. The second-order valence-corrected chi connectivity index (χ2v) is 5.68. The van der Waals surface area contributed by atoms with Gasteiger partial charge in [-0.2, -0.15) is 13.2 Å². The SMILES string of the molecule is CCCCCC(C)NC(=O)C1CCC(C(F)(F)F)CN1. The molecule has 1 fully saturated rings. The first-order chi connectivity index (χ1) is 9.34. The second-order valence-electron chi connectivity index (χ2n) is 5.68. The van der Waals surface area contributed by atoms with Gasteiger partial charge in [0.05, 0.1) is 12.0 Å². The number of unbranched alkanes of at least 4 members (excludes halogenated alkanes) is 2. The van der Waals surface area contributed by atoms with Gasteiger partial charge < -0.3 is 10.6 Å². The Morgan fingerprint density at radius 2 is 2.05 bits per heavy atom. The monoisotopic (exact) mass is 294 g/mol. The number of hydrogen-bond donors (Lipinski definition) is 2. The molecule has 3 unspecified atom stereocenters. The highest BCUT2D eigenvalue weighted by atomic mass is 19.4. The number of hydrogen-bond acceptors (Lipinski definition) is 2. The van der Waals surface area contributed by atoms with Crippen molar-refractivity contribution in [2.45, 2.75) is 70.6 Å². The molecule has 1 heterocycles. The summed E-state index contributed by atoms with van der Waals surface area (Å²) >= 11 is 0. The summed E-state index contributed by atoms with van der Waals surface area (Å²) in [6.07, 6.45) is 0.348. The van der Waals surface area contributed by atoms with E-state index in [-0.39, 0.29) is 31.3 Å². The third-order valence-corrected chi connectivity index (χ3v) is 3.82. The van der Waals surface area contributed by atoms with Gasteiger partial charge in [0.1, 0.15) is 0 Å². The number of carbonyl (C=O) groups excluding carboxylic acids is 1. The number of halogens is 3. The van der Waals surface area contributed by atoms with Gasteiger partial charge in [-0.3, -0.25) is 4.79 Å². The molecule has 0 radical (unpaired) electrons. The van der Waals surface area contributed by atoms with Crippen LogP contribution in [0.1, 0.15) is 52.4 Å². The molecule has 1 aliphatic heterocycles. The fourth-order valence-corrected chi connectivity index (χ4v) is 2.48. The molecule has 1 rings (SSSR count). The standard InChI is InChI=1S/C14H25F3N2O/c1-3-4-5-6-10(2)19-13(20)12-8-7-11(9-18-12)14(15,16)17/h10-12,18H,3-9H2,1-2H3,(H,19,20). The molecule has 1 amide bonds. The van der Waals surface area contributed by atoms with E-state index in [1.807, 2.05) is 6.92 Å². The summed E-state index contributed by atoms with van der Waals surface area (Å²) in [5, 5.41) is 5.60. The van der Waals surface area contributed by atoms with Gasteiger partial charge >= 0.3 is 6.18 Å². The van der Waals surface area contributed by atoms with Gasteiger partial charge in [-0.25, -0.2) is 0 Å².